The number of carbonyl (C=O) groups excluding carboxylic acids is 2. The van der Waals surface area contributed by atoms with Crippen molar-refractivity contribution in [2.45, 2.75) is 25.1 Å². The van der Waals surface area contributed by atoms with Crippen molar-refractivity contribution in [1.82, 2.24) is 4.90 Å². The van der Waals surface area contributed by atoms with Gasteiger partial charge in [-0.3, -0.25) is 9.69 Å². The van der Waals surface area contributed by atoms with E-state index >= 15 is 0 Å². The number of nitrogens with zero attached hydrogens (tertiary/aromatic N) is 2. The summed E-state index contributed by atoms with van der Waals surface area (Å²) in [5, 5.41) is 0.937. The molecule has 1 amide bonds. The van der Waals surface area contributed by atoms with Gasteiger partial charge in [0.1, 0.15) is 6.61 Å². The second-order valence-electron chi connectivity index (χ2n) is 5.94. The Hall–Kier alpha value is -1.83. The molecule has 6 nitrogen and oxygen atoms in total. The van der Waals surface area contributed by atoms with Gasteiger partial charge in [-0.1, -0.05) is 35.5 Å². The Morgan fingerprint density at radius 3 is 2.65 bits per heavy atom. The number of methoxy groups -OCH3 is 1. The lowest BCUT2D eigenvalue weighted by molar-refractivity contribution is -0.141. The minimum absolute atomic E-state index is 0.0802. The van der Waals surface area contributed by atoms with Gasteiger partial charge in [0, 0.05) is 12.1 Å². The molecule has 1 aromatic carbocycles. The zero-order chi connectivity index (χ0) is 18.8. The van der Waals surface area contributed by atoms with E-state index in [-0.39, 0.29) is 17.8 Å². The third-order valence-corrected chi connectivity index (χ3v) is 5.49. The lowest BCUT2D eigenvalue weighted by Crippen LogP contribution is -2.40. The monoisotopic (exact) mass is 394 g/mol. The number of hydrogen-bond acceptors (Lipinski definition) is 6. The van der Waals surface area contributed by atoms with Crippen molar-refractivity contribution in [2.24, 2.45) is 4.99 Å². The first kappa shape index (κ1) is 18.9. The van der Waals surface area contributed by atoms with Crippen LogP contribution in [0, 0.1) is 0 Å². The van der Waals surface area contributed by atoms with Crippen LogP contribution in [0.4, 0.5) is 0 Å². The van der Waals surface area contributed by atoms with Gasteiger partial charge in [-0.05, 0) is 31.5 Å². The number of hydrogen-bond donors (Lipinski definition) is 0. The van der Waals surface area contributed by atoms with E-state index in [0.717, 1.165) is 5.56 Å². The maximum Gasteiger partial charge on any atom is 0.338 e. The number of ether oxygens (including phenoxy) is 2. The van der Waals surface area contributed by atoms with Crippen LogP contribution in [0.3, 0.4) is 0 Å². The van der Waals surface area contributed by atoms with Crippen LogP contribution >= 0.6 is 23.4 Å². The third-order valence-electron chi connectivity index (χ3n) is 4.18. The molecule has 0 unspecified atom stereocenters. The Labute approximate surface area is 161 Å². The number of fused-ring (bicyclic) bond motifs is 1. The number of carbonyl (C=O) groups is 2. The van der Waals surface area contributed by atoms with Crippen LogP contribution in [0.5, 0.6) is 0 Å². The normalized spacial score (nSPS) is 22.4. The topological polar surface area (TPSA) is 68.2 Å². The highest BCUT2D eigenvalue weighted by Crippen LogP contribution is 2.43. The molecular weight excluding hydrogens is 376 g/mol. The molecule has 2 aliphatic heterocycles. The number of halogens is 1. The molecule has 26 heavy (non-hydrogen) atoms. The van der Waals surface area contributed by atoms with Crippen molar-refractivity contribution in [3.63, 3.8) is 0 Å². The SMILES string of the molecule is COCCOC(=O)C1=C(C)N=C2S[C@@H](C)C(=O)N2[C@H]1c1ccc(Cl)cc1. The quantitative estimate of drug-likeness (QED) is 0.566. The van der Waals surface area contributed by atoms with E-state index in [2.05, 4.69) is 4.99 Å². The lowest BCUT2D eigenvalue weighted by Gasteiger charge is -2.33. The molecule has 0 bridgehead atoms. The fourth-order valence-electron chi connectivity index (χ4n) is 2.92. The van der Waals surface area contributed by atoms with Gasteiger partial charge in [-0.2, -0.15) is 0 Å². The van der Waals surface area contributed by atoms with Gasteiger partial charge in [0.15, 0.2) is 5.17 Å². The number of allylic oxidation sites excluding steroid dienone is 1. The van der Waals surface area contributed by atoms with Crippen LogP contribution in [-0.2, 0) is 19.1 Å². The molecule has 0 spiro atoms. The highest BCUT2D eigenvalue weighted by molar-refractivity contribution is 8.15. The number of esters is 1. The molecule has 0 aliphatic carbocycles. The van der Waals surface area contributed by atoms with Crippen molar-refractivity contribution < 1.29 is 19.1 Å². The standard InChI is InChI=1S/C18H19ClN2O4S/c1-10-14(17(23)25-9-8-24-3)15(12-4-6-13(19)7-5-12)21-16(22)11(2)26-18(21)20-10/h4-7,11,15H,8-9H2,1-3H3/t11-,15-/m0/s1. The van der Waals surface area contributed by atoms with Crippen LogP contribution in [0.15, 0.2) is 40.5 Å². The Balaban J connectivity index is 2.03. The second-order valence-corrected chi connectivity index (χ2v) is 7.69. The summed E-state index contributed by atoms with van der Waals surface area (Å²) in [6.07, 6.45) is 0. The lowest BCUT2D eigenvalue weighted by atomic mass is 9.94. The van der Waals surface area contributed by atoms with Crippen LogP contribution < -0.4 is 0 Å². The largest absolute Gasteiger partial charge is 0.460 e. The van der Waals surface area contributed by atoms with Crippen molar-refractivity contribution >= 4 is 40.4 Å². The predicted molar refractivity (Wildman–Crippen MR) is 101 cm³/mol. The van der Waals surface area contributed by atoms with E-state index in [1.54, 1.807) is 24.0 Å². The smallest absolute Gasteiger partial charge is 0.338 e. The summed E-state index contributed by atoms with van der Waals surface area (Å²) in [5.74, 6) is -0.581. The molecule has 0 aromatic heterocycles. The zero-order valence-electron chi connectivity index (χ0n) is 14.7. The summed E-state index contributed by atoms with van der Waals surface area (Å²) >= 11 is 7.39. The number of aliphatic imine (C=N–C) groups is 1. The average Bonchev–Trinajstić information content (AvgIpc) is 2.88. The Bertz CT molecular complexity index is 791. The highest BCUT2D eigenvalue weighted by atomic mass is 35.5. The number of thioether (sulfide) groups is 1. The fraction of sp³-hybridized carbons (Fsp3) is 0.389. The van der Waals surface area contributed by atoms with Crippen LogP contribution in [-0.4, -0.2) is 47.5 Å². The van der Waals surface area contributed by atoms with E-state index < -0.39 is 12.0 Å². The van der Waals surface area contributed by atoms with Gasteiger partial charge < -0.3 is 9.47 Å². The summed E-state index contributed by atoms with van der Waals surface area (Å²) in [4.78, 5) is 31.5. The minimum atomic E-state index is -0.584. The van der Waals surface area contributed by atoms with E-state index in [1.165, 1.54) is 18.9 Å². The number of amidine groups is 1. The molecule has 1 aromatic rings. The predicted octanol–water partition coefficient (Wildman–Crippen LogP) is 3.18. The van der Waals surface area contributed by atoms with E-state index in [4.69, 9.17) is 21.1 Å². The molecular formula is C18H19ClN2O4S. The summed E-state index contributed by atoms with van der Waals surface area (Å²) in [5.41, 5.74) is 1.69. The molecule has 2 atom stereocenters. The summed E-state index contributed by atoms with van der Waals surface area (Å²) in [7, 11) is 1.54. The van der Waals surface area contributed by atoms with Gasteiger partial charge in [-0.25, -0.2) is 9.79 Å². The molecule has 138 valence electrons. The van der Waals surface area contributed by atoms with Crippen molar-refractivity contribution in [2.75, 3.05) is 20.3 Å². The first-order valence-electron chi connectivity index (χ1n) is 8.14. The Morgan fingerprint density at radius 2 is 2.00 bits per heavy atom. The summed E-state index contributed by atoms with van der Waals surface area (Å²) in [6, 6.07) is 6.52. The molecule has 1 fully saturated rings. The number of amides is 1. The van der Waals surface area contributed by atoms with Crippen LogP contribution in [0.1, 0.15) is 25.5 Å². The molecule has 0 N–H and O–H groups in total. The first-order chi connectivity index (χ1) is 12.4. The van der Waals surface area contributed by atoms with Gasteiger partial charge in [0.2, 0.25) is 5.91 Å². The molecule has 2 aliphatic rings. The van der Waals surface area contributed by atoms with Crippen molar-refractivity contribution in [3.8, 4) is 0 Å². The summed E-state index contributed by atoms with van der Waals surface area (Å²) < 4.78 is 10.2. The fourth-order valence-corrected chi connectivity index (χ4v) is 4.07. The molecule has 0 radical (unpaired) electrons. The van der Waals surface area contributed by atoms with Crippen LogP contribution in [0.25, 0.3) is 0 Å². The third kappa shape index (κ3) is 3.51. The first-order valence-corrected chi connectivity index (χ1v) is 9.40. The summed E-state index contributed by atoms with van der Waals surface area (Å²) in [6.45, 7) is 4.02. The Kier molecular flexibility index (Phi) is 5.70. The second kappa shape index (κ2) is 7.82. The molecule has 3 rings (SSSR count). The van der Waals surface area contributed by atoms with Crippen molar-refractivity contribution in [3.05, 3.63) is 46.1 Å². The molecule has 1 saturated heterocycles. The van der Waals surface area contributed by atoms with Gasteiger partial charge in [0.25, 0.3) is 0 Å². The minimum Gasteiger partial charge on any atom is -0.460 e. The highest BCUT2D eigenvalue weighted by Gasteiger charge is 2.46. The van der Waals surface area contributed by atoms with Gasteiger partial charge in [-0.15, -0.1) is 0 Å². The molecule has 2 heterocycles. The number of rotatable bonds is 5. The van der Waals surface area contributed by atoms with Gasteiger partial charge >= 0.3 is 5.97 Å². The van der Waals surface area contributed by atoms with E-state index in [9.17, 15) is 9.59 Å². The van der Waals surface area contributed by atoms with E-state index in [0.29, 0.717) is 28.1 Å². The maximum atomic E-state index is 12.7. The molecule has 0 saturated carbocycles. The average molecular weight is 395 g/mol. The Morgan fingerprint density at radius 1 is 1.31 bits per heavy atom. The maximum absolute atomic E-state index is 12.7. The van der Waals surface area contributed by atoms with Gasteiger partial charge in [0.05, 0.1) is 29.2 Å². The van der Waals surface area contributed by atoms with Crippen molar-refractivity contribution in [1.29, 1.82) is 0 Å². The zero-order valence-corrected chi connectivity index (χ0v) is 16.3. The molecule has 8 heteroatoms. The van der Waals surface area contributed by atoms with Crippen LogP contribution in [0.2, 0.25) is 5.02 Å². The van der Waals surface area contributed by atoms with E-state index in [1.807, 2.05) is 19.1 Å². The number of benzene rings is 1.